The number of rotatable bonds is 9. The summed E-state index contributed by atoms with van der Waals surface area (Å²) >= 11 is 0. The molecule has 0 saturated carbocycles. The van der Waals surface area contributed by atoms with Gasteiger partial charge in [0.05, 0.1) is 11.3 Å². The molecule has 0 spiro atoms. The minimum Gasteiger partial charge on any atom is -0.384 e. The molecule has 0 aliphatic rings. The van der Waals surface area contributed by atoms with Crippen molar-refractivity contribution in [2.45, 2.75) is 58.8 Å². The van der Waals surface area contributed by atoms with Crippen molar-refractivity contribution in [3.63, 3.8) is 0 Å². The van der Waals surface area contributed by atoms with Gasteiger partial charge in [0.25, 0.3) is 0 Å². The van der Waals surface area contributed by atoms with Crippen molar-refractivity contribution < 1.29 is 0 Å². The van der Waals surface area contributed by atoms with Gasteiger partial charge in [-0.1, -0.05) is 57.6 Å². The SMILES string of the molecule is CCCCCCCCCNc1cccc(C)c1C#N. The molecule has 0 amide bonds. The van der Waals surface area contributed by atoms with Crippen LogP contribution in [0.3, 0.4) is 0 Å². The first-order chi connectivity index (χ1) is 9.29. The molecular formula is C17H26N2. The number of aryl methyl sites for hydroxylation is 1. The molecule has 0 unspecified atom stereocenters. The molecule has 0 radical (unpaired) electrons. The normalized spacial score (nSPS) is 10.2. The third-order valence-corrected chi connectivity index (χ3v) is 3.48. The maximum atomic E-state index is 9.13. The zero-order chi connectivity index (χ0) is 13.9. The minimum absolute atomic E-state index is 0.783. The van der Waals surface area contributed by atoms with Crippen LogP contribution < -0.4 is 5.32 Å². The molecule has 1 aromatic rings. The molecule has 1 rings (SSSR count). The van der Waals surface area contributed by atoms with Gasteiger partial charge in [-0.3, -0.25) is 0 Å². The van der Waals surface area contributed by atoms with E-state index in [9.17, 15) is 0 Å². The van der Waals surface area contributed by atoms with Crippen molar-refractivity contribution in [1.82, 2.24) is 0 Å². The van der Waals surface area contributed by atoms with Gasteiger partial charge in [0.1, 0.15) is 6.07 Å². The van der Waals surface area contributed by atoms with E-state index in [4.69, 9.17) is 5.26 Å². The molecular weight excluding hydrogens is 232 g/mol. The fourth-order valence-electron chi connectivity index (χ4n) is 2.27. The average Bonchev–Trinajstić information content (AvgIpc) is 2.42. The van der Waals surface area contributed by atoms with Crippen LogP contribution in [0.2, 0.25) is 0 Å². The Morgan fingerprint density at radius 1 is 1.05 bits per heavy atom. The summed E-state index contributed by atoms with van der Waals surface area (Å²) in [5, 5.41) is 12.5. The highest BCUT2D eigenvalue weighted by atomic mass is 14.9. The lowest BCUT2D eigenvalue weighted by Gasteiger charge is -2.09. The fourth-order valence-corrected chi connectivity index (χ4v) is 2.27. The van der Waals surface area contributed by atoms with Crippen molar-refractivity contribution in [2.24, 2.45) is 0 Å². The molecule has 0 aromatic heterocycles. The van der Waals surface area contributed by atoms with Crippen LogP contribution >= 0.6 is 0 Å². The maximum Gasteiger partial charge on any atom is 0.102 e. The standard InChI is InChI=1S/C17H26N2/c1-3-4-5-6-7-8-9-13-19-17-12-10-11-15(2)16(17)14-18/h10-12,19H,3-9,13H2,1-2H3. The molecule has 19 heavy (non-hydrogen) atoms. The molecule has 0 aliphatic carbocycles. The van der Waals surface area contributed by atoms with Crippen LogP contribution in [0.25, 0.3) is 0 Å². The highest BCUT2D eigenvalue weighted by molar-refractivity contribution is 5.60. The van der Waals surface area contributed by atoms with E-state index in [-0.39, 0.29) is 0 Å². The van der Waals surface area contributed by atoms with E-state index in [2.05, 4.69) is 18.3 Å². The number of hydrogen-bond acceptors (Lipinski definition) is 2. The quantitative estimate of drug-likeness (QED) is 0.631. The molecule has 0 atom stereocenters. The van der Waals surface area contributed by atoms with Crippen LogP contribution in [0.5, 0.6) is 0 Å². The molecule has 2 heteroatoms. The van der Waals surface area contributed by atoms with Gasteiger partial charge >= 0.3 is 0 Å². The van der Waals surface area contributed by atoms with Crippen molar-refractivity contribution in [2.75, 3.05) is 11.9 Å². The first-order valence-electron chi connectivity index (χ1n) is 7.53. The van der Waals surface area contributed by atoms with E-state index in [0.717, 1.165) is 23.4 Å². The number of nitrogens with one attached hydrogen (secondary N) is 1. The first kappa shape index (κ1) is 15.6. The second-order valence-corrected chi connectivity index (χ2v) is 5.16. The Labute approximate surface area is 117 Å². The monoisotopic (exact) mass is 258 g/mol. The Hall–Kier alpha value is -1.49. The predicted octanol–water partition coefficient (Wildman–Crippen LogP) is 5.03. The third kappa shape index (κ3) is 5.79. The van der Waals surface area contributed by atoms with Crippen LogP contribution in [0, 0.1) is 18.3 Å². The van der Waals surface area contributed by atoms with Gasteiger partial charge < -0.3 is 5.32 Å². The Bertz CT molecular complexity index is 404. The maximum absolute atomic E-state index is 9.13. The summed E-state index contributed by atoms with van der Waals surface area (Å²) in [4.78, 5) is 0. The smallest absolute Gasteiger partial charge is 0.102 e. The summed E-state index contributed by atoms with van der Waals surface area (Å²) in [6.45, 7) is 5.20. The summed E-state index contributed by atoms with van der Waals surface area (Å²) in [5.74, 6) is 0. The highest BCUT2D eigenvalue weighted by Gasteiger charge is 2.03. The summed E-state index contributed by atoms with van der Waals surface area (Å²) in [6.07, 6.45) is 9.22. The summed E-state index contributed by atoms with van der Waals surface area (Å²) < 4.78 is 0. The zero-order valence-corrected chi connectivity index (χ0v) is 12.3. The van der Waals surface area contributed by atoms with Crippen molar-refractivity contribution in [1.29, 1.82) is 5.26 Å². The lowest BCUT2D eigenvalue weighted by Crippen LogP contribution is -2.04. The van der Waals surface area contributed by atoms with Crippen molar-refractivity contribution >= 4 is 5.69 Å². The number of benzene rings is 1. The third-order valence-electron chi connectivity index (χ3n) is 3.48. The average molecular weight is 258 g/mol. The molecule has 0 bridgehead atoms. The Morgan fingerprint density at radius 3 is 2.42 bits per heavy atom. The van der Waals surface area contributed by atoms with E-state index in [1.807, 2.05) is 25.1 Å². The number of unbranched alkanes of at least 4 members (excludes halogenated alkanes) is 6. The van der Waals surface area contributed by atoms with E-state index in [1.165, 1.54) is 44.9 Å². The number of nitrogens with zero attached hydrogens (tertiary/aromatic N) is 1. The summed E-state index contributed by atoms with van der Waals surface area (Å²) in [6, 6.07) is 8.26. The number of nitriles is 1. The van der Waals surface area contributed by atoms with E-state index in [1.54, 1.807) is 0 Å². The van der Waals surface area contributed by atoms with Crippen LogP contribution in [0.1, 0.15) is 63.0 Å². The van der Waals surface area contributed by atoms with Gasteiger partial charge in [-0.15, -0.1) is 0 Å². The molecule has 1 N–H and O–H groups in total. The molecule has 0 fully saturated rings. The highest BCUT2D eigenvalue weighted by Crippen LogP contribution is 2.18. The first-order valence-corrected chi connectivity index (χ1v) is 7.53. The molecule has 0 saturated heterocycles. The van der Waals surface area contributed by atoms with Crippen LogP contribution in [-0.2, 0) is 0 Å². The van der Waals surface area contributed by atoms with Crippen LogP contribution in [-0.4, -0.2) is 6.54 Å². The van der Waals surface area contributed by atoms with Crippen molar-refractivity contribution in [3.05, 3.63) is 29.3 Å². The summed E-state index contributed by atoms with van der Waals surface area (Å²) in [5.41, 5.74) is 2.81. The Kier molecular flexibility index (Phi) is 7.74. The van der Waals surface area contributed by atoms with Gasteiger partial charge in [0.15, 0.2) is 0 Å². The Balaban J connectivity index is 2.20. The fraction of sp³-hybridized carbons (Fsp3) is 0.588. The summed E-state index contributed by atoms with van der Waals surface area (Å²) in [7, 11) is 0. The van der Waals surface area contributed by atoms with E-state index >= 15 is 0 Å². The van der Waals surface area contributed by atoms with Crippen molar-refractivity contribution in [3.8, 4) is 6.07 Å². The van der Waals surface area contributed by atoms with Gasteiger partial charge in [0, 0.05) is 6.54 Å². The lowest BCUT2D eigenvalue weighted by atomic mass is 10.1. The second-order valence-electron chi connectivity index (χ2n) is 5.16. The minimum atomic E-state index is 0.783. The van der Waals surface area contributed by atoms with Crippen LogP contribution in [0.15, 0.2) is 18.2 Å². The molecule has 2 nitrogen and oxygen atoms in total. The van der Waals surface area contributed by atoms with Crippen LogP contribution in [0.4, 0.5) is 5.69 Å². The zero-order valence-electron chi connectivity index (χ0n) is 12.3. The topological polar surface area (TPSA) is 35.8 Å². The van der Waals surface area contributed by atoms with E-state index < -0.39 is 0 Å². The largest absolute Gasteiger partial charge is 0.384 e. The molecule has 1 aromatic carbocycles. The molecule has 0 heterocycles. The molecule has 0 aliphatic heterocycles. The second kappa shape index (κ2) is 9.44. The number of hydrogen-bond donors (Lipinski definition) is 1. The van der Waals surface area contributed by atoms with E-state index in [0.29, 0.717) is 0 Å². The van der Waals surface area contributed by atoms with Gasteiger partial charge in [-0.05, 0) is 25.0 Å². The number of anilines is 1. The van der Waals surface area contributed by atoms with Gasteiger partial charge in [-0.25, -0.2) is 0 Å². The molecule has 104 valence electrons. The predicted molar refractivity (Wildman–Crippen MR) is 82.4 cm³/mol. The van der Waals surface area contributed by atoms with Gasteiger partial charge in [-0.2, -0.15) is 5.26 Å². The Morgan fingerprint density at radius 2 is 1.74 bits per heavy atom. The lowest BCUT2D eigenvalue weighted by molar-refractivity contribution is 0.596. The van der Waals surface area contributed by atoms with Gasteiger partial charge in [0.2, 0.25) is 0 Å².